The van der Waals surface area contributed by atoms with Crippen molar-refractivity contribution in [1.29, 1.82) is 0 Å². The van der Waals surface area contributed by atoms with E-state index in [9.17, 15) is 14.4 Å². The van der Waals surface area contributed by atoms with Gasteiger partial charge in [-0.05, 0) is 24.6 Å². The average molecular weight is 342 g/mol. The molecule has 0 bridgehead atoms. The van der Waals surface area contributed by atoms with Gasteiger partial charge >= 0.3 is 5.97 Å². The summed E-state index contributed by atoms with van der Waals surface area (Å²) in [5.74, 6) is -1.42. The zero-order chi connectivity index (χ0) is 18.1. The van der Waals surface area contributed by atoms with Gasteiger partial charge in [-0.15, -0.1) is 0 Å². The topological polar surface area (TPSA) is 99.9 Å². The highest BCUT2D eigenvalue weighted by atomic mass is 16.4. The Bertz CT molecular complexity index is 855. The van der Waals surface area contributed by atoms with Gasteiger partial charge in [-0.1, -0.05) is 18.2 Å². The Hall–Kier alpha value is -3.09. The molecule has 2 heterocycles. The summed E-state index contributed by atoms with van der Waals surface area (Å²) in [7, 11) is 1.69. The van der Waals surface area contributed by atoms with E-state index in [4.69, 9.17) is 9.52 Å². The Kier molecular flexibility index (Phi) is 4.31. The number of amides is 2. The quantitative estimate of drug-likeness (QED) is 0.886. The van der Waals surface area contributed by atoms with Gasteiger partial charge in [0.15, 0.2) is 0 Å². The highest BCUT2D eigenvalue weighted by Gasteiger charge is 2.33. The van der Waals surface area contributed by atoms with Gasteiger partial charge in [0, 0.05) is 19.2 Å². The van der Waals surface area contributed by atoms with Crippen LogP contribution in [0.15, 0.2) is 34.7 Å². The zero-order valence-corrected chi connectivity index (χ0v) is 13.9. The number of carboxylic acid groups (broad SMARTS) is 1. The van der Waals surface area contributed by atoms with Gasteiger partial charge in [-0.25, -0.2) is 4.79 Å². The van der Waals surface area contributed by atoms with E-state index in [1.54, 1.807) is 18.9 Å². The Labute approximate surface area is 144 Å². The molecule has 3 rings (SSSR count). The number of para-hydroxylation sites is 1. The highest BCUT2D eigenvalue weighted by molar-refractivity contribution is 6.02. The van der Waals surface area contributed by atoms with Crippen LogP contribution in [0.1, 0.15) is 39.8 Å². The van der Waals surface area contributed by atoms with Crippen LogP contribution >= 0.6 is 0 Å². The molecule has 7 heteroatoms. The Morgan fingerprint density at radius 3 is 2.76 bits per heavy atom. The molecule has 0 spiro atoms. The van der Waals surface area contributed by atoms with Gasteiger partial charge in [-0.2, -0.15) is 0 Å². The fourth-order valence-electron chi connectivity index (χ4n) is 3.02. The molecule has 0 saturated heterocycles. The van der Waals surface area contributed by atoms with Crippen LogP contribution in [0, 0.1) is 6.92 Å². The number of aromatic carboxylic acids is 1. The van der Waals surface area contributed by atoms with E-state index in [-0.39, 0.29) is 36.1 Å². The van der Waals surface area contributed by atoms with Crippen LogP contribution in [0.2, 0.25) is 0 Å². The van der Waals surface area contributed by atoms with Crippen molar-refractivity contribution >= 4 is 23.5 Å². The Morgan fingerprint density at radius 2 is 2.08 bits per heavy atom. The number of carbonyl (C=O) groups is 3. The molecule has 0 unspecified atom stereocenters. The van der Waals surface area contributed by atoms with Crippen molar-refractivity contribution in [3.63, 3.8) is 0 Å². The lowest BCUT2D eigenvalue weighted by Crippen LogP contribution is -2.39. The summed E-state index contributed by atoms with van der Waals surface area (Å²) < 4.78 is 5.35. The maximum Gasteiger partial charge on any atom is 0.339 e. The maximum atomic E-state index is 12.6. The van der Waals surface area contributed by atoms with Crippen LogP contribution in [0.25, 0.3) is 0 Å². The SMILES string of the molecule is Cc1oc(CNC(=O)[C@H]2CC(=O)N(C)c3ccccc32)cc1C(=O)O. The molecular formula is C18H18N2O5. The van der Waals surface area contributed by atoms with E-state index in [0.29, 0.717) is 5.76 Å². The minimum Gasteiger partial charge on any atom is -0.478 e. The lowest BCUT2D eigenvalue weighted by molar-refractivity contribution is -0.127. The smallest absolute Gasteiger partial charge is 0.339 e. The standard InChI is InChI=1S/C18H18N2O5/c1-10-13(18(23)24)7-11(25-10)9-19-17(22)14-8-16(21)20(2)15-6-4-3-5-12(14)15/h3-7,14H,8-9H2,1-2H3,(H,19,22)(H,23,24)/t14-/m0/s1. The first kappa shape index (κ1) is 16.8. The average Bonchev–Trinajstić information content (AvgIpc) is 2.97. The third-order valence-corrected chi connectivity index (χ3v) is 4.38. The molecule has 1 aromatic heterocycles. The molecule has 0 saturated carbocycles. The number of benzene rings is 1. The van der Waals surface area contributed by atoms with E-state index in [0.717, 1.165) is 11.3 Å². The number of rotatable bonds is 4. The predicted molar refractivity (Wildman–Crippen MR) is 89.5 cm³/mol. The van der Waals surface area contributed by atoms with Crippen LogP contribution in [0.5, 0.6) is 0 Å². The monoisotopic (exact) mass is 342 g/mol. The van der Waals surface area contributed by atoms with Gasteiger partial charge in [0.05, 0.1) is 12.5 Å². The van der Waals surface area contributed by atoms with Crippen molar-refractivity contribution in [2.24, 2.45) is 0 Å². The molecular weight excluding hydrogens is 324 g/mol. The normalized spacial score (nSPS) is 16.5. The summed E-state index contributed by atoms with van der Waals surface area (Å²) in [5.41, 5.74) is 1.59. The Morgan fingerprint density at radius 1 is 1.36 bits per heavy atom. The molecule has 1 aliphatic heterocycles. The number of nitrogens with zero attached hydrogens (tertiary/aromatic N) is 1. The second-order valence-corrected chi connectivity index (χ2v) is 5.97. The number of carboxylic acids is 1. The van der Waals surface area contributed by atoms with Crippen molar-refractivity contribution < 1.29 is 23.9 Å². The molecule has 0 fully saturated rings. The largest absolute Gasteiger partial charge is 0.478 e. The molecule has 0 aliphatic carbocycles. The lowest BCUT2D eigenvalue weighted by Gasteiger charge is -2.30. The highest BCUT2D eigenvalue weighted by Crippen LogP contribution is 2.35. The summed E-state index contributed by atoms with van der Waals surface area (Å²) in [6.45, 7) is 1.62. The molecule has 25 heavy (non-hydrogen) atoms. The number of anilines is 1. The first-order valence-corrected chi connectivity index (χ1v) is 7.84. The summed E-state index contributed by atoms with van der Waals surface area (Å²) in [6.07, 6.45) is 0.0942. The summed E-state index contributed by atoms with van der Waals surface area (Å²) in [5, 5.41) is 11.8. The van der Waals surface area contributed by atoms with Crippen LogP contribution in [0.3, 0.4) is 0 Å². The fraction of sp³-hybridized carbons (Fsp3) is 0.278. The molecule has 0 radical (unpaired) electrons. The summed E-state index contributed by atoms with van der Waals surface area (Å²) >= 11 is 0. The maximum absolute atomic E-state index is 12.6. The van der Waals surface area contributed by atoms with Crippen LogP contribution in [-0.4, -0.2) is 29.9 Å². The predicted octanol–water partition coefficient (Wildman–Crippen LogP) is 2.05. The minimum absolute atomic E-state index is 0.0651. The minimum atomic E-state index is -1.08. The van der Waals surface area contributed by atoms with Crippen molar-refractivity contribution in [2.45, 2.75) is 25.8 Å². The van der Waals surface area contributed by atoms with E-state index in [2.05, 4.69) is 5.32 Å². The third-order valence-electron chi connectivity index (χ3n) is 4.38. The molecule has 2 aromatic rings. The van der Waals surface area contributed by atoms with Gasteiger partial charge in [0.2, 0.25) is 11.8 Å². The number of hydrogen-bond donors (Lipinski definition) is 2. The van der Waals surface area contributed by atoms with Crippen LogP contribution in [-0.2, 0) is 16.1 Å². The van der Waals surface area contributed by atoms with E-state index in [1.807, 2.05) is 24.3 Å². The second-order valence-electron chi connectivity index (χ2n) is 5.97. The van der Waals surface area contributed by atoms with Crippen molar-refractivity contribution in [3.8, 4) is 0 Å². The first-order valence-electron chi connectivity index (χ1n) is 7.84. The molecule has 1 aliphatic rings. The first-order chi connectivity index (χ1) is 11.9. The van der Waals surface area contributed by atoms with Gasteiger partial charge < -0.3 is 19.7 Å². The van der Waals surface area contributed by atoms with Crippen molar-refractivity contribution in [2.75, 3.05) is 11.9 Å². The van der Waals surface area contributed by atoms with Crippen molar-refractivity contribution in [1.82, 2.24) is 5.32 Å². The zero-order valence-electron chi connectivity index (χ0n) is 13.9. The van der Waals surface area contributed by atoms with Crippen LogP contribution < -0.4 is 10.2 Å². The van der Waals surface area contributed by atoms with E-state index >= 15 is 0 Å². The Balaban J connectivity index is 1.76. The number of fused-ring (bicyclic) bond motifs is 1. The molecule has 1 atom stereocenters. The van der Waals surface area contributed by atoms with Gasteiger partial charge in [0.25, 0.3) is 0 Å². The molecule has 2 amide bonds. The number of hydrogen-bond acceptors (Lipinski definition) is 4. The summed E-state index contributed by atoms with van der Waals surface area (Å²) in [4.78, 5) is 37.3. The lowest BCUT2D eigenvalue weighted by atomic mass is 9.89. The molecule has 1 aromatic carbocycles. The number of carbonyl (C=O) groups excluding carboxylic acids is 2. The van der Waals surface area contributed by atoms with Crippen molar-refractivity contribution in [3.05, 3.63) is 53.0 Å². The molecule has 7 nitrogen and oxygen atoms in total. The number of nitrogens with one attached hydrogen (secondary N) is 1. The summed E-state index contributed by atoms with van der Waals surface area (Å²) in [6, 6.07) is 8.69. The van der Waals surface area contributed by atoms with Gasteiger partial charge in [-0.3, -0.25) is 9.59 Å². The fourth-order valence-corrected chi connectivity index (χ4v) is 3.02. The second kappa shape index (κ2) is 6.43. The van der Waals surface area contributed by atoms with Crippen LogP contribution in [0.4, 0.5) is 5.69 Å². The molecule has 130 valence electrons. The number of furan rings is 1. The van der Waals surface area contributed by atoms with E-state index < -0.39 is 11.9 Å². The van der Waals surface area contributed by atoms with Gasteiger partial charge in [0.1, 0.15) is 17.1 Å². The number of aryl methyl sites for hydroxylation is 1. The van der Waals surface area contributed by atoms with E-state index in [1.165, 1.54) is 6.07 Å². The molecule has 2 N–H and O–H groups in total. The third kappa shape index (κ3) is 3.13.